The van der Waals surface area contributed by atoms with Crippen LogP contribution in [0.5, 0.6) is 5.75 Å². The molecule has 0 saturated carbocycles. The van der Waals surface area contributed by atoms with Crippen LogP contribution in [0.15, 0.2) is 36.4 Å². The largest absolute Gasteiger partial charge is 0.495 e. The van der Waals surface area contributed by atoms with Crippen LogP contribution in [0.1, 0.15) is 49.8 Å². The van der Waals surface area contributed by atoms with Gasteiger partial charge in [0.2, 0.25) is 11.8 Å². The molecule has 2 aromatic carbocycles. The molecule has 0 spiro atoms. The maximum absolute atomic E-state index is 12.6. The van der Waals surface area contributed by atoms with E-state index in [1.807, 2.05) is 50.2 Å². The van der Waals surface area contributed by atoms with Crippen molar-refractivity contribution in [3.8, 4) is 5.75 Å². The summed E-state index contributed by atoms with van der Waals surface area (Å²) in [4.78, 5) is 26.5. The molecule has 0 heterocycles. The van der Waals surface area contributed by atoms with Gasteiger partial charge in [-0.05, 0) is 48.6 Å². The lowest BCUT2D eigenvalue weighted by molar-refractivity contribution is -0.117. The van der Waals surface area contributed by atoms with Crippen LogP contribution in [0.3, 0.4) is 0 Å². The Kier molecular flexibility index (Phi) is 7.21. The molecule has 0 unspecified atom stereocenters. The van der Waals surface area contributed by atoms with E-state index in [4.69, 9.17) is 4.74 Å². The van der Waals surface area contributed by atoms with Gasteiger partial charge in [0.25, 0.3) is 0 Å². The van der Waals surface area contributed by atoms with Gasteiger partial charge >= 0.3 is 0 Å². The van der Waals surface area contributed by atoms with Crippen molar-refractivity contribution >= 4 is 23.2 Å². The van der Waals surface area contributed by atoms with Gasteiger partial charge in [-0.25, -0.2) is 0 Å². The monoisotopic (exact) mass is 382 g/mol. The smallest absolute Gasteiger partial charge is 0.226 e. The maximum Gasteiger partial charge on any atom is 0.226 e. The molecule has 2 aromatic rings. The molecule has 150 valence electrons. The molecule has 0 aliphatic carbocycles. The molecule has 28 heavy (non-hydrogen) atoms. The Balaban J connectivity index is 2.17. The molecular weight excluding hydrogens is 352 g/mol. The van der Waals surface area contributed by atoms with Crippen LogP contribution in [0.25, 0.3) is 0 Å². The SMILES string of the molecule is COc1ccc(C)cc1N(CCC(=O)Nc1c(C)cccc1C(C)C)C(C)=O. The van der Waals surface area contributed by atoms with E-state index in [0.717, 1.165) is 22.4 Å². The average Bonchev–Trinajstić information content (AvgIpc) is 2.63. The first-order valence-corrected chi connectivity index (χ1v) is 9.56. The highest BCUT2D eigenvalue weighted by Gasteiger charge is 2.19. The number of nitrogens with one attached hydrogen (secondary N) is 1. The Labute approximate surface area is 167 Å². The number of hydrogen-bond acceptors (Lipinski definition) is 3. The first kappa shape index (κ1) is 21.5. The molecule has 2 amide bonds. The molecule has 0 saturated heterocycles. The average molecular weight is 383 g/mol. The van der Waals surface area contributed by atoms with E-state index in [9.17, 15) is 9.59 Å². The summed E-state index contributed by atoms with van der Waals surface area (Å²) in [6.07, 6.45) is 0.197. The van der Waals surface area contributed by atoms with Crippen molar-refractivity contribution in [1.29, 1.82) is 0 Å². The van der Waals surface area contributed by atoms with Crippen molar-refractivity contribution in [3.63, 3.8) is 0 Å². The molecule has 1 N–H and O–H groups in total. The zero-order valence-corrected chi connectivity index (χ0v) is 17.6. The van der Waals surface area contributed by atoms with Crippen molar-refractivity contribution < 1.29 is 14.3 Å². The van der Waals surface area contributed by atoms with Crippen LogP contribution < -0.4 is 15.0 Å². The van der Waals surface area contributed by atoms with E-state index < -0.39 is 0 Å². The number of anilines is 2. The Morgan fingerprint density at radius 3 is 2.46 bits per heavy atom. The summed E-state index contributed by atoms with van der Waals surface area (Å²) in [7, 11) is 1.57. The van der Waals surface area contributed by atoms with Gasteiger partial charge in [-0.1, -0.05) is 38.1 Å². The van der Waals surface area contributed by atoms with E-state index >= 15 is 0 Å². The Bertz CT molecular complexity index is 859. The molecule has 0 fully saturated rings. The molecule has 0 aliphatic heterocycles. The quantitative estimate of drug-likeness (QED) is 0.747. The Hall–Kier alpha value is -2.82. The topological polar surface area (TPSA) is 58.6 Å². The maximum atomic E-state index is 12.6. The fourth-order valence-electron chi connectivity index (χ4n) is 3.22. The molecule has 5 heteroatoms. The predicted molar refractivity (Wildman–Crippen MR) is 114 cm³/mol. The number of amides is 2. The summed E-state index contributed by atoms with van der Waals surface area (Å²) in [5.41, 5.74) is 4.71. The third kappa shape index (κ3) is 5.12. The van der Waals surface area contributed by atoms with E-state index in [1.165, 1.54) is 6.92 Å². The van der Waals surface area contributed by atoms with Crippen LogP contribution in [0, 0.1) is 13.8 Å². The van der Waals surface area contributed by atoms with Gasteiger partial charge in [-0.15, -0.1) is 0 Å². The number of nitrogens with zero attached hydrogens (tertiary/aromatic N) is 1. The lowest BCUT2D eigenvalue weighted by atomic mass is 9.98. The summed E-state index contributed by atoms with van der Waals surface area (Å²) in [6, 6.07) is 11.7. The van der Waals surface area contributed by atoms with Gasteiger partial charge < -0.3 is 15.0 Å². The van der Waals surface area contributed by atoms with Crippen LogP contribution in [-0.4, -0.2) is 25.5 Å². The van der Waals surface area contributed by atoms with Crippen LogP contribution in [0.2, 0.25) is 0 Å². The molecule has 0 aromatic heterocycles. The first-order valence-electron chi connectivity index (χ1n) is 9.56. The number of para-hydroxylation sites is 1. The molecule has 5 nitrogen and oxygen atoms in total. The second-order valence-electron chi connectivity index (χ2n) is 7.34. The lowest BCUT2D eigenvalue weighted by Gasteiger charge is -2.24. The summed E-state index contributed by atoms with van der Waals surface area (Å²) in [5.74, 6) is 0.673. The van der Waals surface area contributed by atoms with Gasteiger partial charge in [-0.3, -0.25) is 9.59 Å². The zero-order valence-electron chi connectivity index (χ0n) is 17.6. The second-order valence-corrected chi connectivity index (χ2v) is 7.34. The fourth-order valence-corrected chi connectivity index (χ4v) is 3.22. The van der Waals surface area contributed by atoms with Gasteiger partial charge in [0.15, 0.2) is 0 Å². The van der Waals surface area contributed by atoms with Crippen LogP contribution >= 0.6 is 0 Å². The minimum atomic E-state index is -0.129. The molecule has 0 bridgehead atoms. The molecule has 0 aliphatic rings. The summed E-state index contributed by atoms with van der Waals surface area (Å²) < 4.78 is 5.40. The summed E-state index contributed by atoms with van der Waals surface area (Å²) in [6.45, 7) is 9.93. The number of benzene rings is 2. The number of carbonyl (C=O) groups is 2. The van der Waals surface area contributed by atoms with Gasteiger partial charge in [-0.2, -0.15) is 0 Å². The number of hydrogen-bond donors (Lipinski definition) is 1. The minimum Gasteiger partial charge on any atom is -0.495 e. The summed E-state index contributed by atoms with van der Waals surface area (Å²) in [5, 5.41) is 3.04. The highest BCUT2D eigenvalue weighted by Crippen LogP contribution is 2.30. The van der Waals surface area contributed by atoms with E-state index in [-0.39, 0.29) is 24.8 Å². The zero-order chi connectivity index (χ0) is 20.8. The number of methoxy groups -OCH3 is 1. The van der Waals surface area contributed by atoms with Gasteiger partial charge in [0, 0.05) is 25.6 Å². The van der Waals surface area contributed by atoms with Crippen molar-refractivity contribution in [2.24, 2.45) is 0 Å². The van der Waals surface area contributed by atoms with Crippen molar-refractivity contribution in [3.05, 3.63) is 53.1 Å². The number of aryl methyl sites for hydroxylation is 2. The third-order valence-electron chi connectivity index (χ3n) is 4.76. The highest BCUT2D eigenvalue weighted by molar-refractivity contribution is 5.96. The van der Waals surface area contributed by atoms with Crippen LogP contribution in [-0.2, 0) is 9.59 Å². The van der Waals surface area contributed by atoms with E-state index in [1.54, 1.807) is 12.0 Å². The minimum absolute atomic E-state index is 0.117. The Morgan fingerprint density at radius 1 is 1.14 bits per heavy atom. The lowest BCUT2D eigenvalue weighted by Crippen LogP contribution is -2.32. The second kappa shape index (κ2) is 9.40. The van der Waals surface area contributed by atoms with E-state index in [2.05, 4.69) is 19.2 Å². The first-order chi connectivity index (χ1) is 13.2. The number of carbonyl (C=O) groups excluding carboxylic acids is 2. The van der Waals surface area contributed by atoms with Gasteiger partial charge in [0.05, 0.1) is 12.8 Å². The Morgan fingerprint density at radius 2 is 1.86 bits per heavy atom. The molecular formula is C23H30N2O3. The molecule has 0 radical (unpaired) electrons. The predicted octanol–water partition coefficient (Wildman–Crippen LogP) is 4.82. The van der Waals surface area contributed by atoms with Crippen LogP contribution in [0.4, 0.5) is 11.4 Å². The number of ether oxygens (including phenoxy) is 1. The molecule has 0 atom stereocenters. The summed E-state index contributed by atoms with van der Waals surface area (Å²) >= 11 is 0. The van der Waals surface area contributed by atoms with Crippen molar-refractivity contribution in [1.82, 2.24) is 0 Å². The van der Waals surface area contributed by atoms with Gasteiger partial charge in [0.1, 0.15) is 5.75 Å². The molecule has 2 rings (SSSR count). The fraction of sp³-hybridized carbons (Fsp3) is 0.391. The number of rotatable bonds is 7. The third-order valence-corrected chi connectivity index (χ3v) is 4.76. The van der Waals surface area contributed by atoms with Crippen molar-refractivity contribution in [2.75, 3.05) is 23.9 Å². The van der Waals surface area contributed by atoms with E-state index in [0.29, 0.717) is 17.4 Å². The highest BCUT2D eigenvalue weighted by atomic mass is 16.5. The normalized spacial score (nSPS) is 10.7. The standard InChI is InChI=1S/C23H30N2O3/c1-15(2)19-9-7-8-17(4)23(19)24-22(27)12-13-25(18(5)26)20-14-16(3)10-11-21(20)28-6/h7-11,14-15H,12-13H2,1-6H3,(H,24,27). The van der Waals surface area contributed by atoms with Crippen molar-refractivity contribution in [2.45, 2.75) is 47.0 Å².